The van der Waals surface area contributed by atoms with Crippen molar-refractivity contribution in [2.45, 2.75) is 18.9 Å². The number of halogens is 1. The highest BCUT2D eigenvalue weighted by Crippen LogP contribution is 2.11. The largest absolute Gasteiger partial charge is 0.379 e. The van der Waals surface area contributed by atoms with Crippen LogP contribution in [0.25, 0.3) is 0 Å². The van der Waals surface area contributed by atoms with Gasteiger partial charge in [0.2, 0.25) is 5.91 Å². The minimum atomic E-state index is 0.112. The van der Waals surface area contributed by atoms with Crippen LogP contribution in [-0.4, -0.2) is 43.0 Å². The van der Waals surface area contributed by atoms with Crippen LogP contribution in [0, 0.1) is 0 Å². The van der Waals surface area contributed by atoms with E-state index < -0.39 is 0 Å². The van der Waals surface area contributed by atoms with Gasteiger partial charge in [0, 0.05) is 26.0 Å². The van der Waals surface area contributed by atoms with Gasteiger partial charge >= 0.3 is 0 Å². The molecule has 1 fully saturated rings. The van der Waals surface area contributed by atoms with Crippen LogP contribution in [0.2, 0.25) is 0 Å². The molecule has 0 aromatic rings. The van der Waals surface area contributed by atoms with E-state index in [1.165, 1.54) is 0 Å². The summed E-state index contributed by atoms with van der Waals surface area (Å²) < 4.78 is 5.18. The van der Waals surface area contributed by atoms with Crippen LogP contribution in [0.1, 0.15) is 12.8 Å². The summed E-state index contributed by atoms with van der Waals surface area (Å²) >= 11 is 5.47. The van der Waals surface area contributed by atoms with Gasteiger partial charge < -0.3 is 9.64 Å². The SMILES string of the molecule is CN(C(=O)CCCl)C1CCOC1. The molecule has 1 aliphatic rings. The number of hydrogen-bond acceptors (Lipinski definition) is 2. The van der Waals surface area contributed by atoms with E-state index in [2.05, 4.69) is 0 Å². The molecule has 0 N–H and O–H groups in total. The summed E-state index contributed by atoms with van der Waals surface area (Å²) in [6.07, 6.45) is 1.37. The molecule has 3 nitrogen and oxygen atoms in total. The van der Waals surface area contributed by atoms with Crippen LogP contribution >= 0.6 is 11.6 Å². The Morgan fingerprint density at radius 2 is 2.50 bits per heavy atom. The molecule has 1 unspecified atom stereocenters. The lowest BCUT2D eigenvalue weighted by Gasteiger charge is -2.22. The van der Waals surface area contributed by atoms with Crippen molar-refractivity contribution >= 4 is 17.5 Å². The second-order valence-electron chi connectivity index (χ2n) is 2.96. The van der Waals surface area contributed by atoms with Gasteiger partial charge in [-0.25, -0.2) is 0 Å². The van der Waals surface area contributed by atoms with Crippen molar-refractivity contribution in [2.75, 3.05) is 26.1 Å². The summed E-state index contributed by atoms with van der Waals surface area (Å²) in [5.41, 5.74) is 0. The number of alkyl halides is 1. The normalized spacial score (nSPS) is 22.7. The quantitative estimate of drug-likeness (QED) is 0.620. The number of rotatable bonds is 3. The minimum Gasteiger partial charge on any atom is -0.379 e. The smallest absolute Gasteiger partial charge is 0.223 e. The van der Waals surface area contributed by atoms with Crippen LogP contribution in [-0.2, 0) is 9.53 Å². The predicted octanol–water partition coefficient (Wildman–Crippen LogP) is 0.863. The van der Waals surface area contributed by atoms with Gasteiger partial charge in [-0.2, -0.15) is 0 Å². The third kappa shape index (κ3) is 2.35. The first-order valence-corrected chi connectivity index (χ1v) is 4.68. The Balaban J connectivity index is 2.34. The Labute approximate surface area is 77.6 Å². The molecule has 4 heteroatoms. The fourth-order valence-corrected chi connectivity index (χ4v) is 1.45. The van der Waals surface area contributed by atoms with Gasteiger partial charge in [0.15, 0.2) is 0 Å². The van der Waals surface area contributed by atoms with Crippen molar-refractivity contribution in [3.8, 4) is 0 Å². The van der Waals surface area contributed by atoms with Gasteiger partial charge in [0.05, 0.1) is 12.6 Å². The van der Waals surface area contributed by atoms with Crippen molar-refractivity contribution in [3.63, 3.8) is 0 Å². The topological polar surface area (TPSA) is 29.5 Å². The lowest BCUT2D eigenvalue weighted by atomic mass is 10.2. The van der Waals surface area contributed by atoms with Gasteiger partial charge in [-0.05, 0) is 6.42 Å². The van der Waals surface area contributed by atoms with Crippen molar-refractivity contribution in [2.24, 2.45) is 0 Å². The predicted molar refractivity (Wildman–Crippen MR) is 47.3 cm³/mol. The maximum atomic E-state index is 11.3. The number of likely N-dealkylation sites (N-methyl/N-ethyl adjacent to an activating group) is 1. The second kappa shape index (κ2) is 4.67. The average Bonchev–Trinajstić information content (AvgIpc) is 2.55. The summed E-state index contributed by atoms with van der Waals surface area (Å²) in [5, 5.41) is 0. The molecule has 0 saturated carbocycles. The van der Waals surface area contributed by atoms with Gasteiger partial charge in [-0.15, -0.1) is 11.6 Å². The third-order valence-electron chi connectivity index (χ3n) is 2.16. The molecule has 0 radical (unpaired) electrons. The fraction of sp³-hybridized carbons (Fsp3) is 0.875. The molecule has 1 rings (SSSR count). The van der Waals surface area contributed by atoms with E-state index in [0.29, 0.717) is 18.9 Å². The molecule has 70 valence electrons. The number of nitrogens with zero attached hydrogens (tertiary/aromatic N) is 1. The zero-order valence-corrected chi connectivity index (χ0v) is 8.01. The molecule has 1 amide bonds. The van der Waals surface area contributed by atoms with E-state index >= 15 is 0 Å². The van der Waals surface area contributed by atoms with E-state index in [4.69, 9.17) is 16.3 Å². The molecule has 0 aromatic carbocycles. The first-order valence-electron chi connectivity index (χ1n) is 4.15. The minimum absolute atomic E-state index is 0.112. The maximum Gasteiger partial charge on any atom is 0.223 e. The average molecular weight is 192 g/mol. The number of carbonyl (C=O) groups excluding carboxylic acids is 1. The van der Waals surface area contributed by atoms with Gasteiger partial charge in [-0.1, -0.05) is 0 Å². The number of hydrogen-bond donors (Lipinski definition) is 0. The molecule has 12 heavy (non-hydrogen) atoms. The van der Waals surface area contributed by atoms with E-state index in [-0.39, 0.29) is 11.9 Å². The third-order valence-corrected chi connectivity index (χ3v) is 2.34. The van der Waals surface area contributed by atoms with E-state index in [1.807, 2.05) is 7.05 Å². The number of ether oxygens (including phenoxy) is 1. The standard InChI is InChI=1S/C8H14ClNO2/c1-10(8(11)2-4-9)7-3-5-12-6-7/h7H,2-6H2,1H3. The van der Waals surface area contributed by atoms with Crippen LogP contribution < -0.4 is 0 Å². The second-order valence-corrected chi connectivity index (χ2v) is 3.34. The molecule has 1 atom stereocenters. The summed E-state index contributed by atoms with van der Waals surface area (Å²) in [5.74, 6) is 0.511. The van der Waals surface area contributed by atoms with Crippen LogP contribution in [0.4, 0.5) is 0 Å². The highest BCUT2D eigenvalue weighted by Gasteiger charge is 2.23. The molecule has 1 saturated heterocycles. The van der Waals surface area contributed by atoms with E-state index in [0.717, 1.165) is 13.0 Å². The zero-order chi connectivity index (χ0) is 8.97. The van der Waals surface area contributed by atoms with Gasteiger partial charge in [-0.3, -0.25) is 4.79 Å². The summed E-state index contributed by atoms with van der Waals surface area (Å²) in [6.45, 7) is 1.44. The van der Waals surface area contributed by atoms with Crippen LogP contribution in [0.15, 0.2) is 0 Å². The van der Waals surface area contributed by atoms with Gasteiger partial charge in [0.1, 0.15) is 0 Å². The van der Waals surface area contributed by atoms with Crippen molar-refractivity contribution < 1.29 is 9.53 Å². The zero-order valence-electron chi connectivity index (χ0n) is 7.25. The summed E-state index contributed by atoms with van der Waals surface area (Å²) in [6, 6.07) is 0.265. The lowest BCUT2D eigenvalue weighted by molar-refractivity contribution is -0.131. The van der Waals surface area contributed by atoms with Crippen molar-refractivity contribution in [3.05, 3.63) is 0 Å². The molecule has 0 spiro atoms. The fourth-order valence-electron chi connectivity index (χ4n) is 1.29. The number of amides is 1. The van der Waals surface area contributed by atoms with Crippen molar-refractivity contribution in [1.29, 1.82) is 0 Å². The Morgan fingerprint density at radius 1 is 1.75 bits per heavy atom. The first kappa shape index (κ1) is 9.81. The molecule has 0 bridgehead atoms. The monoisotopic (exact) mass is 191 g/mol. The Bertz CT molecular complexity index is 157. The molecule has 1 aliphatic heterocycles. The summed E-state index contributed by atoms with van der Waals surface area (Å²) in [4.78, 5) is 13.1. The molecule has 0 aromatic heterocycles. The van der Waals surface area contributed by atoms with E-state index in [9.17, 15) is 4.79 Å². The van der Waals surface area contributed by atoms with E-state index in [1.54, 1.807) is 4.90 Å². The van der Waals surface area contributed by atoms with Crippen molar-refractivity contribution in [1.82, 2.24) is 4.90 Å². The molecular weight excluding hydrogens is 178 g/mol. The van der Waals surface area contributed by atoms with Crippen LogP contribution in [0.3, 0.4) is 0 Å². The first-order chi connectivity index (χ1) is 5.75. The molecular formula is C8H14ClNO2. The van der Waals surface area contributed by atoms with Crippen LogP contribution in [0.5, 0.6) is 0 Å². The maximum absolute atomic E-state index is 11.3. The molecule has 0 aliphatic carbocycles. The molecule has 1 heterocycles. The summed E-state index contributed by atoms with van der Waals surface area (Å²) in [7, 11) is 1.81. The Morgan fingerprint density at radius 3 is 3.00 bits per heavy atom. The number of carbonyl (C=O) groups is 1. The lowest BCUT2D eigenvalue weighted by Crippen LogP contribution is -2.37. The van der Waals surface area contributed by atoms with Gasteiger partial charge in [0.25, 0.3) is 0 Å². The highest BCUT2D eigenvalue weighted by molar-refractivity contribution is 6.18. The highest BCUT2D eigenvalue weighted by atomic mass is 35.5. The Hall–Kier alpha value is -0.280. The Kier molecular flexibility index (Phi) is 3.82.